The average molecular weight is 431 g/mol. The molecule has 0 aliphatic rings. The number of amides is 1. The Labute approximate surface area is 169 Å². The third-order valence-electron chi connectivity index (χ3n) is 3.76. The van der Waals surface area contributed by atoms with Gasteiger partial charge in [0.1, 0.15) is 10.6 Å². The van der Waals surface area contributed by atoms with E-state index in [2.05, 4.69) is 5.32 Å². The van der Waals surface area contributed by atoms with Gasteiger partial charge in [0, 0.05) is 22.3 Å². The molecule has 0 unspecified atom stereocenters. The number of sulfonamides is 1. The monoisotopic (exact) mass is 430 g/mol. The highest BCUT2D eigenvalue weighted by atomic mass is 35.5. The molecule has 0 bridgehead atoms. The first-order valence-electron chi connectivity index (χ1n) is 8.08. The maximum atomic E-state index is 13.0. The molecule has 0 aliphatic heterocycles. The third-order valence-corrected chi connectivity index (χ3v) is 6.13. The minimum atomic E-state index is -3.92. The molecule has 9 heteroatoms. The third kappa shape index (κ3) is 5.35. The molecule has 2 rings (SSSR count). The Morgan fingerprint density at radius 1 is 1.15 bits per heavy atom. The van der Waals surface area contributed by atoms with Crippen molar-refractivity contribution in [1.29, 1.82) is 0 Å². The van der Waals surface area contributed by atoms with Crippen molar-refractivity contribution < 1.29 is 17.9 Å². The van der Waals surface area contributed by atoms with Gasteiger partial charge in [-0.1, -0.05) is 36.2 Å². The van der Waals surface area contributed by atoms with Crippen LogP contribution in [0.5, 0.6) is 5.75 Å². The van der Waals surface area contributed by atoms with Crippen LogP contribution in [0, 0.1) is 6.92 Å². The van der Waals surface area contributed by atoms with Gasteiger partial charge in [-0.15, -0.1) is 0 Å². The highest BCUT2D eigenvalue weighted by Crippen LogP contribution is 2.28. The Kier molecular flexibility index (Phi) is 7.11. The lowest BCUT2D eigenvalue weighted by molar-refractivity contribution is -0.116. The second-order valence-electron chi connectivity index (χ2n) is 5.79. The van der Waals surface area contributed by atoms with Gasteiger partial charge in [0.25, 0.3) is 0 Å². The zero-order valence-electron chi connectivity index (χ0n) is 15.1. The van der Waals surface area contributed by atoms with Crippen LogP contribution in [0.1, 0.15) is 12.5 Å². The van der Waals surface area contributed by atoms with Crippen molar-refractivity contribution in [2.45, 2.75) is 18.7 Å². The minimum Gasteiger partial charge on any atom is -0.495 e. The first-order valence-corrected chi connectivity index (χ1v) is 10.3. The molecular weight excluding hydrogens is 411 g/mol. The van der Waals surface area contributed by atoms with Crippen molar-refractivity contribution >= 4 is 44.8 Å². The van der Waals surface area contributed by atoms with E-state index >= 15 is 0 Å². The number of carbonyl (C=O) groups excluding carboxylic acids is 1. The van der Waals surface area contributed by atoms with Crippen LogP contribution >= 0.6 is 23.2 Å². The van der Waals surface area contributed by atoms with Gasteiger partial charge in [-0.05, 0) is 42.8 Å². The predicted octanol–water partition coefficient (Wildman–Crippen LogP) is 3.96. The number of nitrogens with one attached hydrogen (secondary N) is 1. The van der Waals surface area contributed by atoms with E-state index in [0.29, 0.717) is 15.7 Å². The molecule has 27 heavy (non-hydrogen) atoms. The summed E-state index contributed by atoms with van der Waals surface area (Å²) in [6.07, 6.45) is 0. The maximum absolute atomic E-state index is 13.0. The maximum Gasteiger partial charge on any atom is 0.247 e. The van der Waals surface area contributed by atoms with E-state index in [1.165, 1.54) is 31.4 Å². The van der Waals surface area contributed by atoms with Crippen LogP contribution in [-0.2, 0) is 14.8 Å². The number of halogens is 2. The summed E-state index contributed by atoms with van der Waals surface area (Å²) in [7, 11) is -2.53. The Balaban J connectivity index is 2.25. The van der Waals surface area contributed by atoms with E-state index in [1.807, 2.05) is 0 Å². The van der Waals surface area contributed by atoms with E-state index in [4.69, 9.17) is 27.9 Å². The summed E-state index contributed by atoms with van der Waals surface area (Å²) in [5, 5.41) is 3.33. The summed E-state index contributed by atoms with van der Waals surface area (Å²) >= 11 is 11.8. The number of hydrogen-bond acceptors (Lipinski definition) is 4. The van der Waals surface area contributed by atoms with Crippen molar-refractivity contribution in [1.82, 2.24) is 4.31 Å². The van der Waals surface area contributed by atoms with E-state index in [0.717, 1.165) is 9.87 Å². The topological polar surface area (TPSA) is 75.7 Å². The number of methoxy groups -OCH3 is 1. The van der Waals surface area contributed by atoms with Gasteiger partial charge < -0.3 is 10.1 Å². The van der Waals surface area contributed by atoms with Crippen LogP contribution in [0.25, 0.3) is 0 Å². The van der Waals surface area contributed by atoms with Crippen LogP contribution in [0.3, 0.4) is 0 Å². The summed E-state index contributed by atoms with van der Waals surface area (Å²) in [6, 6.07) is 9.45. The molecule has 2 aromatic carbocycles. The normalized spacial score (nSPS) is 11.5. The van der Waals surface area contributed by atoms with Crippen molar-refractivity contribution in [2.24, 2.45) is 0 Å². The Bertz CT molecular complexity index is 928. The van der Waals surface area contributed by atoms with E-state index in [-0.39, 0.29) is 23.7 Å². The van der Waals surface area contributed by atoms with Crippen molar-refractivity contribution in [3.8, 4) is 5.75 Å². The molecule has 0 heterocycles. The van der Waals surface area contributed by atoms with Crippen molar-refractivity contribution in [3.05, 3.63) is 52.0 Å². The smallest absolute Gasteiger partial charge is 0.247 e. The lowest BCUT2D eigenvalue weighted by atomic mass is 10.2. The fourth-order valence-electron chi connectivity index (χ4n) is 2.48. The number of benzene rings is 2. The van der Waals surface area contributed by atoms with Crippen LogP contribution < -0.4 is 10.1 Å². The number of ether oxygens (including phenoxy) is 1. The quantitative estimate of drug-likeness (QED) is 0.720. The van der Waals surface area contributed by atoms with E-state index in [9.17, 15) is 13.2 Å². The zero-order chi connectivity index (χ0) is 20.2. The highest BCUT2D eigenvalue weighted by molar-refractivity contribution is 7.89. The molecule has 1 amide bonds. The molecule has 6 nitrogen and oxygen atoms in total. The predicted molar refractivity (Wildman–Crippen MR) is 107 cm³/mol. The molecule has 0 saturated heterocycles. The second-order valence-corrected chi connectivity index (χ2v) is 8.57. The van der Waals surface area contributed by atoms with Gasteiger partial charge in [0.15, 0.2) is 0 Å². The number of anilines is 1. The van der Waals surface area contributed by atoms with Crippen LogP contribution in [0.2, 0.25) is 10.0 Å². The van der Waals surface area contributed by atoms with Gasteiger partial charge in [0.2, 0.25) is 15.9 Å². The van der Waals surface area contributed by atoms with Gasteiger partial charge >= 0.3 is 0 Å². The lowest BCUT2D eigenvalue weighted by Crippen LogP contribution is -2.38. The second kappa shape index (κ2) is 8.93. The Morgan fingerprint density at radius 2 is 1.78 bits per heavy atom. The number of hydrogen-bond donors (Lipinski definition) is 1. The molecular formula is C18H20Cl2N2O4S. The molecule has 0 spiro atoms. The number of rotatable bonds is 7. The molecule has 2 aromatic rings. The van der Waals surface area contributed by atoms with Gasteiger partial charge in [-0.25, -0.2) is 8.42 Å². The zero-order valence-corrected chi connectivity index (χ0v) is 17.5. The van der Waals surface area contributed by atoms with Gasteiger partial charge in [-0.2, -0.15) is 4.31 Å². The molecule has 0 saturated carbocycles. The van der Waals surface area contributed by atoms with Crippen LogP contribution in [0.4, 0.5) is 5.69 Å². The first kappa shape index (κ1) is 21.5. The summed E-state index contributed by atoms with van der Waals surface area (Å²) in [5.41, 5.74) is 1.16. The summed E-state index contributed by atoms with van der Waals surface area (Å²) < 4.78 is 32.3. The number of nitrogens with zero attached hydrogens (tertiary/aromatic N) is 1. The van der Waals surface area contributed by atoms with Crippen molar-refractivity contribution in [3.63, 3.8) is 0 Å². The number of aryl methyl sites for hydroxylation is 1. The summed E-state index contributed by atoms with van der Waals surface area (Å²) in [4.78, 5) is 12.4. The molecule has 0 fully saturated rings. The van der Waals surface area contributed by atoms with E-state index in [1.54, 1.807) is 26.0 Å². The van der Waals surface area contributed by atoms with Crippen molar-refractivity contribution in [2.75, 3.05) is 25.5 Å². The minimum absolute atomic E-state index is 0.0189. The average Bonchev–Trinajstić information content (AvgIpc) is 2.58. The fourth-order valence-corrected chi connectivity index (χ4v) is 4.65. The highest BCUT2D eigenvalue weighted by Gasteiger charge is 2.28. The molecule has 146 valence electrons. The van der Waals surface area contributed by atoms with Crippen LogP contribution in [-0.4, -0.2) is 38.8 Å². The Morgan fingerprint density at radius 3 is 2.33 bits per heavy atom. The fraction of sp³-hybridized carbons (Fsp3) is 0.278. The van der Waals surface area contributed by atoms with E-state index < -0.39 is 15.9 Å². The lowest BCUT2D eigenvalue weighted by Gasteiger charge is -2.21. The number of carbonyl (C=O) groups is 1. The molecule has 0 aliphatic carbocycles. The summed E-state index contributed by atoms with van der Waals surface area (Å²) in [6.45, 7) is 3.19. The molecule has 0 aromatic heterocycles. The number of likely N-dealkylation sites (N-methyl/N-ethyl adjacent to an activating group) is 1. The molecule has 0 radical (unpaired) electrons. The molecule has 0 atom stereocenters. The first-order chi connectivity index (χ1) is 12.7. The largest absolute Gasteiger partial charge is 0.495 e. The van der Waals surface area contributed by atoms with Crippen LogP contribution in [0.15, 0.2) is 41.3 Å². The van der Waals surface area contributed by atoms with Gasteiger partial charge in [0.05, 0.1) is 13.7 Å². The Hall–Kier alpha value is -1.80. The van der Waals surface area contributed by atoms with Gasteiger partial charge in [-0.3, -0.25) is 4.79 Å². The SMILES string of the molecule is CCN(CC(=O)Nc1cc(Cl)cc(Cl)c1)S(=O)(=O)c1cc(C)ccc1OC. The summed E-state index contributed by atoms with van der Waals surface area (Å²) in [5.74, 6) is -0.286. The molecule has 1 N–H and O–H groups in total. The standard InChI is InChI=1S/C18H20Cl2N2O4S/c1-4-22(11-18(23)21-15-9-13(19)8-14(20)10-15)27(24,25)17-7-12(2)5-6-16(17)26-3/h5-10H,4,11H2,1-3H3,(H,21,23).